The molecule has 2 heterocycles. The molecule has 1 aliphatic carbocycles. The highest BCUT2D eigenvalue weighted by molar-refractivity contribution is 7.19. The van der Waals surface area contributed by atoms with Gasteiger partial charge in [-0.15, -0.1) is 0 Å². The van der Waals surface area contributed by atoms with E-state index in [4.69, 9.17) is 0 Å². The van der Waals surface area contributed by atoms with Crippen LogP contribution in [0.3, 0.4) is 0 Å². The fourth-order valence-corrected chi connectivity index (χ4v) is 16.0. The summed E-state index contributed by atoms with van der Waals surface area (Å²) in [5.74, 6) is 0.624. The first-order chi connectivity index (χ1) is 31.3. The van der Waals surface area contributed by atoms with Crippen LogP contribution in [0.1, 0.15) is 43.6 Å². The van der Waals surface area contributed by atoms with Crippen LogP contribution in [0.2, 0.25) is 0 Å². The zero-order valence-electron chi connectivity index (χ0n) is 35.4. The van der Waals surface area contributed by atoms with Gasteiger partial charge in [0.15, 0.2) is 8.07 Å². The van der Waals surface area contributed by atoms with Gasteiger partial charge in [-0.3, -0.25) is 0 Å². The van der Waals surface area contributed by atoms with Gasteiger partial charge in [0, 0.05) is 27.2 Å². The van der Waals surface area contributed by atoms with Crippen LogP contribution in [0.15, 0.2) is 224 Å². The molecule has 2 nitrogen and oxygen atoms in total. The second kappa shape index (κ2) is 15.6. The third-order valence-corrected chi connectivity index (χ3v) is 18.8. The summed E-state index contributed by atoms with van der Waals surface area (Å²) in [5.41, 5.74) is 11.3. The molecule has 0 atom stereocenters. The lowest BCUT2D eigenvalue weighted by molar-refractivity contribution is 0.444. The van der Waals surface area contributed by atoms with E-state index in [-0.39, 0.29) is 0 Å². The Kier molecular flexibility index (Phi) is 9.30. The van der Waals surface area contributed by atoms with Crippen LogP contribution in [-0.2, 0) is 0 Å². The SMILES string of the molecule is c1ccc(-c2cccc([Si](c3ccccc3)(c3ccccc3)c3ccc(-n4c5ccccc5c5cccc(-n6c7ccccc7c7ccc(C8CCCCC8)cc76)c54)cc3)c2)cc1. The van der Waals surface area contributed by atoms with Crippen LogP contribution in [0.5, 0.6) is 0 Å². The van der Waals surface area contributed by atoms with E-state index in [1.165, 1.54) is 119 Å². The molecule has 2 aromatic heterocycles. The molecule has 3 heteroatoms. The highest BCUT2D eigenvalue weighted by atomic mass is 28.3. The molecule has 9 aromatic carbocycles. The summed E-state index contributed by atoms with van der Waals surface area (Å²) in [6.45, 7) is 0. The number of hydrogen-bond donors (Lipinski definition) is 0. The number of para-hydroxylation sites is 3. The first-order valence-corrected chi connectivity index (χ1v) is 24.7. The molecule has 0 amide bonds. The Morgan fingerprint density at radius 1 is 0.349 bits per heavy atom. The van der Waals surface area contributed by atoms with E-state index in [0.717, 1.165) is 5.69 Å². The maximum Gasteiger partial charge on any atom is 0.179 e. The summed E-state index contributed by atoms with van der Waals surface area (Å²) in [6, 6.07) is 84.5. The van der Waals surface area contributed by atoms with Crippen LogP contribution < -0.4 is 20.7 Å². The third-order valence-electron chi connectivity index (χ3n) is 14.1. The fraction of sp³-hybridized carbons (Fsp3) is 0.100. The van der Waals surface area contributed by atoms with Gasteiger partial charge in [-0.25, -0.2) is 0 Å². The minimum absolute atomic E-state index is 0.624. The Morgan fingerprint density at radius 2 is 0.873 bits per heavy atom. The van der Waals surface area contributed by atoms with Crippen molar-refractivity contribution < 1.29 is 0 Å². The van der Waals surface area contributed by atoms with Crippen molar-refractivity contribution in [2.45, 2.75) is 38.0 Å². The van der Waals surface area contributed by atoms with E-state index in [9.17, 15) is 0 Å². The standard InChI is InChI=1S/C60H48N2Si/c1-5-19-43(20-6-1)45-23-17-28-51(41-45)63(48-24-9-3-10-25-48,49-26-11-4-12-27-49)50-38-36-47(37-39-50)61-56-32-15-14-30-53(56)55-31-18-34-58(60(55)61)62-57-33-16-13-29-52(57)54-40-35-46(42-59(54)62)44-21-7-2-8-22-44/h1,3-6,9-20,23-42,44H,2,7-8,21-22H2. The Hall–Kier alpha value is -7.20. The molecule has 0 aliphatic heterocycles. The van der Waals surface area contributed by atoms with E-state index in [1.807, 2.05) is 0 Å². The molecule has 63 heavy (non-hydrogen) atoms. The van der Waals surface area contributed by atoms with Gasteiger partial charge in [0.25, 0.3) is 0 Å². The molecule has 11 aromatic rings. The van der Waals surface area contributed by atoms with Gasteiger partial charge in [-0.2, -0.15) is 0 Å². The molecule has 0 spiro atoms. The summed E-state index contributed by atoms with van der Waals surface area (Å²) in [4.78, 5) is 0. The van der Waals surface area contributed by atoms with Crippen LogP contribution >= 0.6 is 0 Å². The number of hydrogen-bond acceptors (Lipinski definition) is 0. The second-order valence-electron chi connectivity index (χ2n) is 17.5. The van der Waals surface area contributed by atoms with Crippen molar-refractivity contribution in [3.8, 4) is 22.5 Å². The number of nitrogens with zero attached hydrogens (tertiary/aromatic N) is 2. The maximum absolute atomic E-state index is 2.83. The van der Waals surface area contributed by atoms with Gasteiger partial charge in [0.2, 0.25) is 0 Å². The fourth-order valence-electron chi connectivity index (χ4n) is 11.2. The minimum Gasteiger partial charge on any atom is -0.307 e. The van der Waals surface area contributed by atoms with Crippen LogP contribution in [0, 0.1) is 0 Å². The molecule has 0 saturated heterocycles. The van der Waals surface area contributed by atoms with Crippen LogP contribution in [0.25, 0.3) is 66.1 Å². The van der Waals surface area contributed by atoms with Gasteiger partial charge < -0.3 is 9.13 Å². The van der Waals surface area contributed by atoms with E-state index in [1.54, 1.807) is 0 Å². The summed E-state index contributed by atoms with van der Waals surface area (Å²) in [5, 5.41) is 10.6. The first kappa shape index (κ1) is 37.5. The summed E-state index contributed by atoms with van der Waals surface area (Å²) >= 11 is 0. The molecule has 302 valence electrons. The first-order valence-electron chi connectivity index (χ1n) is 22.7. The lowest BCUT2D eigenvalue weighted by Gasteiger charge is -2.35. The zero-order chi connectivity index (χ0) is 41.7. The molecule has 0 radical (unpaired) electrons. The van der Waals surface area contributed by atoms with Gasteiger partial charge in [-0.1, -0.05) is 207 Å². The molecular formula is C60H48N2Si. The van der Waals surface area contributed by atoms with Gasteiger partial charge in [0.1, 0.15) is 0 Å². The third kappa shape index (κ3) is 6.13. The molecule has 12 rings (SSSR count). The zero-order valence-corrected chi connectivity index (χ0v) is 36.4. The highest BCUT2D eigenvalue weighted by Crippen LogP contribution is 2.41. The van der Waals surface area contributed by atoms with E-state index in [0.29, 0.717) is 5.92 Å². The van der Waals surface area contributed by atoms with Gasteiger partial charge >= 0.3 is 0 Å². The topological polar surface area (TPSA) is 9.86 Å². The Labute approximate surface area is 370 Å². The summed E-state index contributed by atoms with van der Waals surface area (Å²) < 4.78 is 5.09. The monoisotopic (exact) mass is 824 g/mol. The smallest absolute Gasteiger partial charge is 0.179 e. The average Bonchev–Trinajstić information content (AvgIpc) is 3.89. The normalized spacial score (nSPS) is 13.7. The van der Waals surface area contributed by atoms with Gasteiger partial charge in [-0.05, 0) is 92.6 Å². The predicted molar refractivity (Wildman–Crippen MR) is 270 cm³/mol. The highest BCUT2D eigenvalue weighted by Gasteiger charge is 2.41. The Balaban J connectivity index is 1.10. The molecular weight excluding hydrogens is 777 g/mol. The predicted octanol–water partition coefficient (Wildman–Crippen LogP) is 13.0. The summed E-state index contributed by atoms with van der Waals surface area (Å²) in [7, 11) is -2.83. The van der Waals surface area contributed by atoms with Crippen molar-refractivity contribution in [3.63, 3.8) is 0 Å². The average molecular weight is 825 g/mol. The molecule has 0 unspecified atom stereocenters. The molecule has 0 N–H and O–H groups in total. The van der Waals surface area contributed by atoms with Crippen molar-refractivity contribution >= 4 is 72.4 Å². The number of fused-ring (bicyclic) bond motifs is 6. The van der Waals surface area contributed by atoms with E-state index >= 15 is 0 Å². The second-order valence-corrected chi connectivity index (χ2v) is 21.3. The van der Waals surface area contributed by atoms with Crippen molar-refractivity contribution in [1.29, 1.82) is 0 Å². The van der Waals surface area contributed by atoms with Crippen LogP contribution in [-0.4, -0.2) is 17.2 Å². The minimum atomic E-state index is -2.83. The molecule has 1 aliphatic rings. The molecule has 1 saturated carbocycles. The Bertz CT molecular complexity index is 3370. The van der Waals surface area contributed by atoms with Crippen molar-refractivity contribution in [1.82, 2.24) is 9.13 Å². The van der Waals surface area contributed by atoms with Crippen molar-refractivity contribution in [3.05, 3.63) is 230 Å². The maximum atomic E-state index is 2.56. The molecule has 1 fully saturated rings. The number of rotatable bonds is 8. The van der Waals surface area contributed by atoms with E-state index < -0.39 is 8.07 Å². The van der Waals surface area contributed by atoms with E-state index in [2.05, 4.69) is 234 Å². The largest absolute Gasteiger partial charge is 0.307 e. The van der Waals surface area contributed by atoms with Crippen LogP contribution in [0.4, 0.5) is 0 Å². The quantitative estimate of drug-likeness (QED) is 0.107. The number of aromatic nitrogens is 2. The lowest BCUT2D eigenvalue weighted by atomic mass is 9.84. The molecule has 0 bridgehead atoms. The van der Waals surface area contributed by atoms with Gasteiger partial charge in [0.05, 0.1) is 27.8 Å². The lowest BCUT2D eigenvalue weighted by Crippen LogP contribution is -2.74. The van der Waals surface area contributed by atoms with Crippen molar-refractivity contribution in [2.75, 3.05) is 0 Å². The number of benzene rings is 9. The Morgan fingerprint density at radius 3 is 1.57 bits per heavy atom. The van der Waals surface area contributed by atoms with Crippen molar-refractivity contribution in [2.24, 2.45) is 0 Å². The summed E-state index contributed by atoms with van der Waals surface area (Å²) in [6.07, 6.45) is 6.57.